The summed E-state index contributed by atoms with van der Waals surface area (Å²) in [5, 5.41) is 9.59. The number of aromatic nitrogens is 4. The van der Waals surface area contributed by atoms with Crippen molar-refractivity contribution in [2.24, 2.45) is 5.92 Å². The Hall–Kier alpha value is -2.86. The molecule has 0 aliphatic heterocycles. The molecule has 1 fully saturated rings. The molecule has 2 aromatic heterocycles. The molecule has 0 amide bonds. The van der Waals surface area contributed by atoms with Gasteiger partial charge in [-0.1, -0.05) is 18.5 Å². The summed E-state index contributed by atoms with van der Waals surface area (Å²) in [6.45, 7) is 2.17. The molecule has 5 rings (SSSR count). The number of H-pyrrole nitrogens is 1. The lowest BCUT2D eigenvalue weighted by Gasteiger charge is -2.32. The lowest BCUT2D eigenvalue weighted by Crippen LogP contribution is -2.19. The van der Waals surface area contributed by atoms with E-state index in [1.807, 2.05) is 12.3 Å². The van der Waals surface area contributed by atoms with Crippen LogP contribution in [0.1, 0.15) is 55.8 Å². The summed E-state index contributed by atoms with van der Waals surface area (Å²) < 4.78 is 27.3. The van der Waals surface area contributed by atoms with Gasteiger partial charge in [-0.05, 0) is 85.5 Å². The van der Waals surface area contributed by atoms with E-state index < -0.39 is 5.82 Å². The zero-order chi connectivity index (χ0) is 22.2. The molecule has 1 atom stereocenters. The molecule has 0 spiro atoms. The van der Waals surface area contributed by atoms with Crippen molar-refractivity contribution in [3.63, 3.8) is 0 Å². The van der Waals surface area contributed by atoms with Crippen molar-refractivity contribution in [3.05, 3.63) is 76.7 Å². The maximum absolute atomic E-state index is 13.8. The molecule has 7 heteroatoms. The Bertz CT molecular complexity index is 1260. The van der Waals surface area contributed by atoms with Crippen LogP contribution < -0.4 is 0 Å². The number of pyridine rings is 1. The van der Waals surface area contributed by atoms with E-state index in [1.54, 1.807) is 24.3 Å². The van der Waals surface area contributed by atoms with Crippen LogP contribution in [-0.2, 0) is 0 Å². The van der Waals surface area contributed by atoms with Crippen LogP contribution in [0.3, 0.4) is 0 Å². The summed E-state index contributed by atoms with van der Waals surface area (Å²) in [5.41, 5.74) is 2.74. The maximum atomic E-state index is 13.8. The first-order valence-electron chi connectivity index (χ1n) is 10.9. The van der Waals surface area contributed by atoms with Gasteiger partial charge in [0.2, 0.25) is 0 Å². The lowest BCUT2D eigenvalue weighted by molar-refractivity contribution is 0.286. The van der Waals surface area contributed by atoms with Crippen molar-refractivity contribution in [2.45, 2.75) is 44.4 Å². The first-order chi connectivity index (χ1) is 15.5. The van der Waals surface area contributed by atoms with Crippen molar-refractivity contribution in [3.8, 4) is 11.4 Å². The summed E-state index contributed by atoms with van der Waals surface area (Å²) in [4.78, 5) is 7.68. The first-order valence-corrected chi connectivity index (χ1v) is 11.3. The number of nitrogens with one attached hydrogen (secondary N) is 1. The Labute approximate surface area is 190 Å². The minimum atomic E-state index is -0.454. The number of halogens is 3. The zero-order valence-electron chi connectivity index (χ0n) is 17.7. The molecular weight excluding hydrogens is 430 g/mol. The van der Waals surface area contributed by atoms with E-state index in [0.717, 1.165) is 42.4 Å². The molecule has 0 saturated heterocycles. The SMILES string of the molecule is C[C@@H](c1nnc(-c2ccc(F)c(Cl)c2)[nH]1)C1CCC(c2ccnc3ccc(F)cc23)CC1. The van der Waals surface area contributed by atoms with E-state index in [2.05, 4.69) is 27.1 Å². The molecule has 1 aliphatic rings. The van der Waals surface area contributed by atoms with Gasteiger partial charge in [-0.2, -0.15) is 0 Å². The second-order valence-corrected chi connectivity index (χ2v) is 9.06. The van der Waals surface area contributed by atoms with Gasteiger partial charge in [0.25, 0.3) is 0 Å². The number of benzene rings is 2. The number of fused-ring (bicyclic) bond motifs is 1. The first kappa shape index (κ1) is 21.0. The minimum Gasteiger partial charge on any atom is -0.325 e. The fraction of sp³-hybridized carbons (Fsp3) is 0.320. The smallest absolute Gasteiger partial charge is 0.161 e. The summed E-state index contributed by atoms with van der Waals surface area (Å²) >= 11 is 5.90. The van der Waals surface area contributed by atoms with Crippen LogP contribution in [-0.4, -0.2) is 20.2 Å². The highest BCUT2D eigenvalue weighted by molar-refractivity contribution is 6.31. The van der Waals surface area contributed by atoms with E-state index in [-0.39, 0.29) is 16.8 Å². The topological polar surface area (TPSA) is 54.5 Å². The molecule has 0 bridgehead atoms. The van der Waals surface area contributed by atoms with Crippen molar-refractivity contribution in [2.75, 3.05) is 0 Å². The van der Waals surface area contributed by atoms with E-state index in [1.165, 1.54) is 17.7 Å². The number of nitrogens with zero attached hydrogens (tertiary/aromatic N) is 3. The van der Waals surface area contributed by atoms with Crippen molar-refractivity contribution in [1.29, 1.82) is 0 Å². The normalized spacial score (nSPS) is 19.9. The Morgan fingerprint density at radius 2 is 1.81 bits per heavy atom. The monoisotopic (exact) mass is 452 g/mol. The quantitative estimate of drug-likeness (QED) is 0.361. The van der Waals surface area contributed by atoms with Gasteiger partial charge in [0.15, 0.2) is 5.82 Å². The van der Waals surface area contributed by atoms with E-state index >= 15 is 0 Å². The van der Waals surface area contributed by atoms with Crippen LogP contribution in [0.4, 0.5) is 8.78 Å². The predicted octanol–water partition coefficient (Wildman–Crippen LogP) is 7.03. The molecule has 4 aromatic rings. The Morgan fingerprint density at radius 3 is 2.59 bits per heavy atom. The maximum Gasteiger partial charge on any atom is 0.161 e. The minimum absolute atomic E-state index is 0.0651. The molecule has 1 aliphatic carbocycles. The van der Waals surface area contributed by atoms with Gasteiger partial charge in [0.1, 0.15) is 17.5 Å². The highest BCUT2D eigenvalue weighted by Crippen LogP contribution is 2.42. The van der Waals surface area contributed by atoms with Crippen molar-refractivity contribution < 1.29 is 8.78 Å². The zero-order valence-corrected chi connectivity index (χ0v) is 18.4. The molecular formula is C25H23ClF2N4. The van der Waals surface area contributed by atoms with Gasteiger partial charge in [-0.3, -0.25) is 4.98 Å². The molecule has 0 radical (unpaired) electrons. The average Bonchev–Trinajstić information content (AvgIpc) is 3.30. The van der Waals surface area contributed by atoms with E-state index in [4.69, 9.17) is 11.6 Å². The van der Waals surface area contributed by atoms with Crippen LogP contribution >= 0.6 is 11.6 Å². The summed E-state index contributed by atoms with van der Waals surface area (Å²) in [6.07, 6.45) is 6.02. The third-order valence-electron chi connectivity index (χ3n) is 6.78. The lowest BCUT2D eigenvalue weighted by atomic mass is 9.73. The third kappa shape index (κ3) is 3.99. The Morgan fingerprint density at radius 1 is 1.00 bits per heavy atom. The average molecular weight is 453 g/mol. The number of hydrogen-bond acceptors (Lipinski definition) is 3. The van der Waals surface area contributed by atoms with Crippen LogP contribution in [0.25, 0.3) is 22.3 Å². The van der Waals surface area contributed by atoms with E-state index in [0.29, 0.717) is 23.2 Å². The third-order valence-corrected chi connectivity index (χ3v) is 7.07. The number of hydrogen-bond donors (Lipinski definition) is 1. The van der Waals surface area contributed by atoms with Gasteiger partial charge in [-0.25, -0.2) is 8.78 Å². The van der Waals surface area contributed by atoms with Crippen LogP contribution in [0.2, 0.25) is 5.02 Å². The van der Waals surface area contributed by atoms with Crippen molar-refractivity contribution >= 4 is 22.5 Å². The summed E-state index contributed by atoms with van der Waals surface area (Å²) in [6, 6.07) is 11.4. The van der Waals surface area contributed by atoms with Crippen LogP contribution in [0, 0.1) is 17.6 Å². The number of rotatable bonds is 4. The van der Waals surface area contributed by atoms with Gasteiger partial charge < -0.3 is 4.98 Å². The molecule has 1 saturated carbocycles. The Kier molecular flexibility index (Phi) is 5.64. The molecule has 2 aromatic carbocycles. The second kappa shape index (κ2) is 8.58. The highest BCUT2D eigenvalue weighted by Gasteiger charge is 2.29. The Balaban J connectivity index is 1.29. The van der Waals surface area contributed by atoms with Crippen LogP contribution in [0.5, 0.6) is 0 Å². The second-order valence-electron chi connectivity index (χ2n) is 8.65. The molecule has 2 heterocycles. The molecule has 0 unspecified atom stereocenters. The number of aromatic amines is 1. The van der Waals surface area contributed by atoms with Gasteiger partial charge in [0.05, 0.1) is 10.5 Å². The summed E-state index contributed by atoms with van der Waals surface area (Å²) in [7, 11) is 0. The standard InChI is InChI=1S/C25H23ClF2N4/c1-14(24-30-25(32-31-24)17-6-8-22(28)21(26)12-17)15-2-4-16(5-3-15)19-10-11-29-23-9-7-18(27)13-20(19)23/h6-16H,2-5H2,1H3,(H,30,31,32)/t14-,15?,16?/m1/s1. The molecule has 32 heavy (non-hydrogen) atoms. The molecule has 164 valence electrons. The van der Waals surface area contributed by atoms with Crippen molar-refractivity contribution in [1.82, 2.24) is 20.2 Å². The fourth-order valence-corrected chi connectivity index (χ4v) is 5.08. The van der Waals surface area contributed by atoms with Gasteiger partial charge in [0, 0.05) is 23.1 Å². The van der Waals surface area contributed by atoms with Gasteiger partial charge >= 0.3 is 0 Å². The summed E-state index contributed by atoms with van der Waals surface area (Å²) in [5.74, 6) is 1.85. The largest absolute Gasteiger partial charge is 0.325 e. The molecule has 4 nitrogen and oxygen atoms in total. The fourth-order valence-electron chi connectivity index (χ4n) is 4.90. The highest BCUT2D eigenvalue weighted by atomic mass is 35.5. The molecule has 1 N–H and O–H groups in total. The van der Waals surface area contributed by atoms with Crippen LogP contribution in [0.15, 0.2) is 48.7 Å². The van der Waals surface area contributed by atoms with E-state index in [9.17, 15) is 8.78 Å². The predicted molar refractivity (Wildman–Crippen MR) is 122 cm³/mol. The van der Waals surface area contributed by atoms with Gasteiger partial charge in [-0.15, -0.1) is 10.2 Å².